The van der Waals surface area contributed by atoms with Crippen LogP contribution >= 0.6 is 11.6 Å². The molecule has 7 heteroatoms. The fraction of sp³-hybridized carbons (Fsp3) is 0.364. The summed E-state index contributed by atoms with van der Waals surface area (Å²) in [4.78, 5) is 1.86. The van der Waals surface area contributed by atoms with Gasteiger partial charge in [-0.05, 0) is 37.1 Å². The third kappa shape index (κ3) is 2.94. The van der Waals surface area contributed by atoms with Crippen LogP contribution in [0, 0.1) is 0 Å². The van der Waals surface area contributed by atoms with Crippen molar-refractivity contribution < 1.29 is 8.42 Å². The first kappa shape index (κ1) is 13.2. The average molecular weight is 288 g/mol. The van der Waals surface area contributed by atoms with Gasteiger partial charge in [0.25, 0.3) is 10.0 Å². The SMILES string of the molecule is N/C(=N\S(=O)(=O)c1ccc(Cl)cc1)N1CCCC1. The Hall–Kier alpha value is -1.27. The topological polar surface area (TPSA) is 75.8 Å². The van der Waals surface area contributed by atoms with Crippen LogP contribution in [0.15, 0.2) is 33.6 Å². The Morgan fingerprint density at radius 1 is 1.22 bits per heavy atom. The van der Waals surface area contributed by atoms with E-state index >= 15 is 0 Å². The van der Waals surface area contributed by atoms with E-state index in [0.29, 0.717) is 5.02 Å². The molecule has 0 unspecified atom stereocenters. The number of hydrogen-bond acceptors (Lipinski definition) is 2. The van der Waals surface area contributed by atoms with E-state index in [-0.39, 0.29) is 10.9 Å². The molecule has 1 heterocycles. The number of guanidine groups is 1. The second kappa shape index (κ2) is 5.16. The van der Waals surface area contributed by atoms with Crippen molar-refractivity contribution in [3.63, 3.8) is 0 Å². The number of hydrogen-bond donors (Lipinski definition) is 1. The summed E-state index contributed by atoms with van der Waals surface area (Å²) < 4.78 is 27.6. The van der Waals surface area contributed by atoms with E-state index in [2.05, 4.69) is 4.40 Å². The molecule has 1 saturated heterocycles. The van der Waals surface area contributed by atoms with E-state index in [4.69, 9.17) is 17.3 Å². The number of nitrogens with zero attached hydrogens (tertiary/aromatic N) is 2. The Kier molecular flexibility index (Phi) is 3.77. The van der Waals surface area contributed by atoms with E-state index in [9.17, 15) is 8.42 Å². The maximum atomic E-state index is 12.0. The molecule has 98 valence electrons. The van der Waals surface area contributed by atoms with Gasteiger partial charge in [0.1, 0.15) is 0 Å². The summed E-state index contributed by atoms with van der Waals surface area (Å²) in [6.07, 6.45) is 2.02. The van der Waals surface area contributed by atoms with Crippen molar-refractivity contribution >= 4 is 27.6 Å². The maximum Gasteiger partial charge on any atom is 0.285 e. The van der Waals surface area contributed by atoms with E-state index < -0.39 is 10.0 Å². The van der Waals surface area contributed by atoms with Crippen molar-refractivity contribution in [2.45, 2.75) is 17.7 Å². The second-order valence-corrected chi connectivity index (χ2v) is 6.11. The summed E-state index contributed by atoms with van der Waals surface area (Å²) in [5.41, 5.74) is 5.70. The highest BCUT2D eigenvalue weighted by molar-refractivity contribution is 7.90. The molecular weight excluding hydrogens is 274 g/mol. The number of benzene rings is 1. The third-order valence-corrected chi connectivity index (χ3v) is 4.30. The summed E-state index contributed by atoms with van der Waals surface area (Å²) >= 11 is 5.71. The van der Waals surface area contributed by atoms with E-state index in [1.54, 1.807) is 4.90 Å². The zero-order chi connectivity index (χ0) is 13.2. The predicted octanol–water partition coefficient (Wildman–Crippen LogP) is 1.44. The summed E-state index contributed by atoms with van der Waals surface area (Å²) in [5, 5.41) is 0.477. The number of nitrogens with two attached hydrogens (primary N) is 1. The molecular formula is C11H14ClN3O2S. The van der Waals surface area contributed by atoms with Crippen LogP contribution in [0.5, 0.6) is 0 Å². The lowest BCUT2D eigenvalue weighted by atomic mass is 10.4. The van der Waals surface area contributed by atoms with Crippen molar-refractivity contribution in [1.29, 1.82) is 0 Å². The molecule has 5 nitrogen and oxygen atoms in total. The van der Waals surface area contributed by atoms with Crippen LogP contribution in [0.3, 0.4) is 0 Å². The fourth-order valence-corrected chi connectivity index (χ4v) is 2.86. The predicted molar refractivity (Wildman–Crippen MR) is 71.1 cm³/mol. The number of rotatable bonds is 2. The minimum absolute atomic E-state index is 0.0578. The highest BCUT2D eigenvalue weighted by Crippen LogP contribution is 2.17. The molecule has 1 aromatic rings. The van der Waals surface area contributed by atoms with Crippen molar-refractivity contribution in [2.24, 2.45) is 10.1 Å². The van der Waals surface area contributed by atoms with Crippen LogP contribution in [-0.4, -0.2) is 32.4 Å². The standard InChI is InChI=1S/C11H14ClN3O2S/c12-9-3-5-10(6-4-9)18(16,17)14-11(13)15-7-1-2-8-15/h3-6H,1-2,7-8H2,(H2,13,14). The van der Waals surface area contributed by atoms with Crippen LogP contribution in [0.25, 0.3) is 0 Å². The molecule has 18 heavy (non-hydrogen) atoms. The first-order valence-corrected chi connectivity index (χ1v) is 7.42. The molecule has 0 amide bonds. The molecule has 0 aliphatic carbocycles. The second-order valence-electron chi connectivity index (χ2n) is 4.07. The van der Waals surface area contributed by atoms with Gasteiger partial charge in [0, 0.05) is 18.1 Å². The lowest BCUT2D eigenvalue weighted by Crippen LogP contribution is -2.35. The van der Waals surface area contributed by atoms with Gasteiger partial charge in [0.2, 0.25) is 5.96 Å². The number of likely N-dealkylation sites (tertiary alicyclic amines) is 1. The van der Waals surface area contributed by atoms with E-state index in [0.717, 1.165) is 25.9 Å². The first-order valence-electron chi connectivity index (χ1n) is 5.60. The minimum Gasteiger partial charge on any atom is -0.369 e. The Labute approximate surface area is 111 Å². The molecule has 1 aromatic carbocycles. The van der Waals surface area contributed by atoms with Crippen LogP contribution in [0.4, 0.5) is 0 Å². The lowest BCUT2D eigenvalue weighted by molar-refractivity contribution is 0.513. The van der Waals surface area contributed by atoms with Crippen molar-refractivity contribution in [3.8, 4) is 0 Å². The largest absolute Gasteiger partial charge is 0.369 e. The highest BCUT2D eigenvalue weighted by Gasteiger charge is 2.18. The van der Waals surface area contributed by atoms with Gasteiger partial charge < -0.3 is 10.6 Å². The average Bonchev–Trinajstić information content (AvgIpc) is 2.82. The molecule has 0 aromatic heterocycles. The molecule has 0 saturated carbocycles. The monoisotopic (exact) mass is 287 g/mol. The van der Waals surface area contributed by atoms with Crippen molar-refractivity contribution in [3.05, 3.63) is 29.3 Å². The highest BCUT2D eigenvalue weighted by atomic mass is 35.5. The summed E-state index contributed by atoms with van der Waals surface area (Å²) in [6.45, 7) is 1.51. The van der Waals surface area contributed by atoms with Gasteiger partial charge in [-0.3, -0.25) is 0 Å². The quantitative estimate of drug-likeness (QED) is 0.660. The molecule has 0 radical (unpaired) electrons. The Morgan fingerprint density at radius 2 is 1.78 bits per heavy atom. The van der Waals surface area contributed by atoms with Gasteiger partial charge in [-0.2, -0.15) is 8.42 Å². The van der Waals surface area contributed by atoms with Crippen LogP contribution in [0.1, 0.15) is 12.8 Å². The van der Waals surface area contributed by atoms with Crippen LogP contribution < -0.4 is 5.73 Å². The summed E-state index contributed by atoms with van der Waals surface area (Å²) in [7, 11) is -3.75. The first-order chi connectivity index (χ1) is 8.49. The van der Waals surface area contributed by atoms with Gasteiger partial charge in [-0.15, -0.1) is 4.40 Å². The molecule has 1 aliphatic rings. The van der Waals surface area contributed by atoms with Gasteiger partial charge >= 0.3 is 0 Å². The zero-order valence-corrected chi connectivity index (χ0v) is 11.3. The van der Waals surface area contributed by atoms with Gasteiger partial charge in [-0.1, -0.05) is 11.6 Å². The molecule has 2 N–H and O–H groups in total. The normalized spacial score (nSPS) is 17.2. The molecule has 2 rings (SSSR count). The molecule has 0 atom stereocenters. The smallest absolute Gasteiger partial charge is 0.285 e. The summed E-state index contributed by atoms with van der Waals surface area (Å²) in [6, 6.07) is 5.85. The molecule has 1 fully saturated rings. The summed E-state index contributed by atoms with van der Waals surface area (Å²) in [5.74, 6) is 0.0578. The van der Waals surface area contributed by atoms with Crippen LogP contribution in [0.2, 0.25) is 5.02 Å². The number of halogens is 1. The molecule has 0 spiro atoms. The van der Waals surface area contributed by atoms with E-state index in [1.807, 2.05) is 0 Å². The zero-order valence-electron chi connectivity index (χ0n) is 9.71. The third-order valence-electron chi connectivity index (χ3n) is 2.76. The molecule has 1 aliphatic heterocycles. The molecule has 0 bridgehead atoms. The number of sulfonamides is 1. The fourth-order valence-electron chi connectivity index (χ4n) is 1.79. The Balaban J connectivity index is 2.25. The van der Waals surface area contributed by atoms with Crippen LogP contribution in [-0.2, 0) is 10.0 Å². The maximum absolute atomic E-state index is 12.0. The van der Waals surface area contributed by atoms with E-state index in [1.165, 1.54) is 24.3 Å². The van der Waals surface area contributed by atoms with Crippen molar-refractivity contribution in [1.82, 2.24) is 4.90 Å². The Morgan fingerprint density at radius 3 is 2.33 bits per heavy atom. The Bertz CT molecular complexity index is 548. The van der Waals surface area contributed by atoms with Gasteiger partial charge in [0.05, 0.1) is 4.90 Å². The van der Waals surface area contributed by atoms with Gasteiger partial charge in [-0.25, -0.2) is 0 Å². The minimum atomic E-state index is -3.75. The van der Waals surface area contributed by atoms with Crippen molar-refractivity contribution in [2.75, 3.05) is 13.1 Å². The lowest BCUT2D eigenvalue weighted by Gasteiger charge is -2.15. The van der Waals surface area contributed by atoms with Gasteiger partial charge in [0.15, 0.2) is 0 Å².